The Kier molecular flexibility index (Phi) is 6.05. The molecule has 0 saturated heterocycles. The predicted octanol–water partition coefficient (Wildman–Crippen LogP) is 3.12. The summed E-state index contributed by atoms with van der Waals surface area (Å²) in [6.07, 6.45) is 4.18. The van der Waals surface area contributed by atoms with Crippen LogP contribution in [0.25, 0.3) is 0 Å². The highest BCUT2D eigenvalue weighted by molar-refractivity contribution is 6.32. The monoisotopic (exact) mass is 335 g/mol. The second kappa shape index (κ2) is 8.24. The van der Waals surface area contributed by atoms with Crippen molar-refractivity contribution in [3.8, 4) is 11.5 Å². The van der Waals surface area contributed by atoms with Crippen LogP contribution in [0, 0.1) is 0 Å². The minimum absolute atomic E-state index is 0.339. The first-order valence-corrected chi connectivity index (χ1v) is 7.37. The highest BCUT2D eigenvalue weighted by Crippen LogP contribution is 2.35. The SMILES string of the molecule is COc1cc(OC)c(NC(=O)NCCc2cccnc2)cc1Cl. The number of carbonyl (C=O) groups excluding carboxylic acids is 1. The predicted molar refractivity (Wildman–Crippen MR) is 89.5 cm³/mol. The zero-order chi connectivity index (χ0) is 16.7. The number of amides is 2. The van der Waals surface area contributed by atoms with Crippen molar-refractivity contribution in [2.24, 2.45) is 0 Å². The van der Waals surface area contributed by atoms with E-state index < -0.39 is 0 Å². The number of rotatable bonds is 6. The Bertz CT molecular complexity index is 665. The molecule has 1 heterocycles. The van der Waals surface area contributed by atoms with Gasteiger partial charge in [-0.25, -0.2) is 4.79 Å². The van der Waals surface area contributed by atoms with E-state index in [2.05, 4.69) is 15.6 Å². The number of aromatic nitrogens is 1. The molecule has 0 aliphatic carbocycles. The Labute approximate surface area is 139 Å². The first kappa shape index (κ1) is 16.9. The fourth-order valence-corrected chi connectivity index (χ4v) is 2.23. The standard InChI is InChI=1S/C16H18ClN3O3/c1-22-14-9-15(23-2)13(8-12(14)17)20-16(21)19-7-5-11-4-3-6-18-10-11/h3-4,6,8-10H,5,7H2,1-2H3,(H2,19,20,21). The average Bonchev–Trinajstić information content (AvgIpc) is 2.56. The van der Waals surface area contributed by atoms with Crippen molar-refractivity contribution in [2.75, 3.05) is 26.1 Å². The summed E-state index contributed by atoms with van der Waals surface area (Å²) in [4.78, 5) is 16.0. The van der Waals surface area contributed by atoms with E-state index in [1.165, 1.54) is 14.2 Å². The highest BCUT2D eigenvalue weighted by atomic mass is 35.5. The van der Waals surface area contributed by atoms with Gasteiger partial charge in [0.05, 0.1) is 24.9 Å². The van der Waals surface area contributed by atoms with Gasteiger partial charge in [-0.15, -0.1) is 0 Å². The van der Waals surface area contributed by atoms with Gasteiger partial charge in [-0.3, -0.25) is 4.98 Å². The first-order valence-electron chi connectivity index (χ1n) is 6.99. The Morgan fingerprint density at radius 3 is 2.70 bits per heavy atom. The second-order valence-electron chi connectivity index (χ2n) is 4.68. The summed E-state index contributed by atoms with van der Waals surface area (Å²) in [7, 11) is 3.02. The number of anilines is 1. The van der Waals surface area contributed by atoms with Crippen molar-refractivity contribution >= 4 is 23.3 Å². The number of hydrogen-bond donors (Lipinski definition) is 2. The summed E-state index contributed by atoms with van der Waals surface area (Å²) in [5.74, 6) is 0.944. The third-order valence-electron chi connectivity index (χ3n) is 3.14. The fourth-order valence-electron chi connectivity index (χ4n) is 1.99. The van der Waals surface area contributed by atoms with Gasteiger partial charge in [-0.1, -0.05) is 17.7 Å². The molecule has 7 heteroatoms. The molecule has 0 aliphatic heterocycles. The lowest BCUT2D eigenvalue weighted by Gasteiger charge is -2.13. The largest absolute Gasteiger partial charge is 0.495 e. The van der Waals surface area contributed by atoms with E-state index in [-0.39, 0.29) is 6.03 Å². The quantitative estimate of drug-likeness (QED) is 0.850. The molecule has 0 spiro atoms. The fraction of sp³-hybridized carbons (Fsp3) is 0.250. The molecule has 122 valence electrons. The molecule has 6 nitrogen and oxygen atoms in total. The molecule has 23 heavy (non-hydrogen) atoms. The van der Waals surface area contributed by atoms with E-state index in [0.29, 0.717) is 35.2 Å². The van der Waals surface area contributed by atoms with Crippen LogP contribution < -0.4 is 20.1 Å². The molecular formula is C16H18ClN3O3. The maximum atomic E-state index is 12.0. The smallest absolute Gasteiger partial charge is 0.319 e. The van der Waals surface area contributed by atoms with E-state index in [1.807, 2.05) is 12.1 Å². The molecule has 0 bridgehead atoms. The second-order valence-corrected chi connectivity index (χ2v) is 5.09. The summed E-state index contributed by atoms with van der Waals surface area (Å²) < 4.78 is 10.3. The molecule has 0 fully saturated rings. The van der Waals surface area contributed by atoms with Gasteiger partial charge in [0.2, 0.25) is 0 Å². The van der Waals surface area contributed by atoms with Gasteiger partial charge < -0.3 is 20.1 Å². The number of hydrogen-bond acceptors (Lipinski definition) is 4. The van der Waals surface area contributed by atoms with Crippen molar-refractivity contribution < 1.29 is 14.3 Å². The minimum atomic E-state index is -0.339. The van der Waals surface area contributed by atoms with Crippen LogP contribution in [0.4, 0.5) is 10.5 Å². The molecule has 2 rings (SSSR count). The molecule has 0 atom stereocenters. The number of methoxy groups -OCH3 is 2. The van der Waals surface area contributed by atoms with Crippen LogP contribution in [0.5, 0.6) is 11.5 Å². The molecule has 0 unspecified atom stereocenters. The molecule has 2 aromatic rings. The van der Waals surface area contributed by atoms with Gasteiger partial charge in [0.15, 0.2) is 0 Å². The van der Waals surface area contributed by atoms with Crippen molar-refractivity contribution in [2.45, 2.75) is 6.42 Å². The number of halogens is 1. The van der Waals surface area contributed by atoms with E-state index in [1.54, 1.807) is 24.5 Å². The highest BCUT2D eigenvalue weighted by Gasteiger charge is 2.12. The summed E-state index contributed by atoms with van der Waals surface area (Å²) in [5.41, 5.74) is 1.52. The molecular weight excluding hydrogens is 318 g/mol. The Morgan fingerprint density at radius 2 is 2.04 bits per heavy atom. The Morgan fingerprint density at radius 1 is 1.26 bits per heavy atom. The van der Waals surface area contributed by atoms with Gasteiger partial charge in [-0.05, 0) is 24.1 Å². The molecule has 2 N–H and O–H groups in total. The summed E-state index contributed by atoms with van der Waals surface area (Å²) in [6, 6.07) is 6.68. The minimum Gasteiger partial charge on any atom is -0.495 e. The molecule has 2 amide bonds. The first-order chi connectivity index (χ1) is 11.1. The lowest BCUT2D eigenvalue weighted by atomic mass is 10.2. The Hall–Kier alpha value is -2.47. The molecule has 1 aromatic heterocycles. The lowest BCUT2D eigenvalue weighted by Crippen LogP contribution is -2.30. The zero-order valence-corrected chi connectivity index (χ0v) is 13.7. The van der Waals surface area contributed by atoms with Gasteiger partial charge in [0, 0.05) is 25.0 Å². The van der Waals surface area contributed by atoms with Crippen molar-refractivity contribution in [3.63, 3.8) is 0 Å². The van der Waals surface area contributed by atoms with Crippen LogP contribution in [0.15, 0.2) is 36.7 Å². The summed E-state index contributed by atoms with van der Waals surface area (Å²) in [6.45, 7) is 0.490. The number of carbonyl (C=O) groups is 1. The van der Waals surface area contributed by atoms with Gasteiger partial charge in [0.1, 0.15) is 11.5 Å². The van der Waals surface area contributed by atoms with Crippen LogP contribution in [0.3, 0.4) is 0 Å². The van der Waals surface area contributed by atoms with Gasteiger partial charge in [0.25, 0.3) is 0 Å². The molecule has 0 saturated carbocycles. The number of benzene rings is 1. The normalized spacial score (nSPS) is 10.0. The van der Waals surface area contributed by atoms with Crippen LogP contribution in [0.1, 0.15) is 5.56 Å². The lowest BCUT2D eigenvalue weighted by molar-refractivity contribution is 0.252. The van der Waals surface area contributed by atoms with Crippen molar-refractivity contribution in [3.05, 3.63) is 47.2 Å². The van der Waals surface area contributed by atoms with E-state index in [0.717, 1.165) is 5.56 Å². The maximum Gasteiger partial charge on any atom is 0.319 e. The molecule has 0 aliphatic rings. The van der Waals surface area contributed by atoms with Crippen LogP contribution in [-0.4, -0.2) is 31.8 Å². The van der Waals surface area contributed by atoms with E-state index >= 15 is 0 Å². The van der Waals surface area contributed by atoms with Gasteiger partial charge >= 0.3 is 6.03 Å². The Balaban J connectivity index is 1.93. The zero-order valence-electron chi connectivity index (χ0n) is 12.9. The van der Waals surface area contributed by atoms with Gasteiger partial charge in [-0.2, -0.15) is 0 Å². The number of pyridine rings is 1. The van der Waals surface area contributed by atoms with Crippen molar-refractivity contribution in [1.29, 1.82) is 0 Å². The summed E-state index contributed by atoms with van der Waals surface area (Å²) >= 11 is 6.07. The topological polar surface area (TPSA) is 72.5 Å². The molecule has 1 aromatic carbocycles. The van der Waals surface area contributed by atoms with Crippen molar-refractivity contribution in [1.82, 2.24) is 10.3 Å². The van der Waals surface area contributed by atoms with Crippen LogP contribution in [-0.2, 0) is 6.42 Å². The number of nitrogens with one attached hydrogen (secondary N) is 2. The summed E-state index contributed by atoms with van der Waals surface area (Å²) in [5, 5.41) is 5.87. The molecule has 0 radical (unpaired) electrons. The van der Waals surface area contributed by atoms with Crippen LogP contribution in [0.2, 0.25) is 5.02 Å². The third-order valence-corrected chi connectivity index (χ3v) is 3.44. The van der Waals surface area contributed by atoms with E-state index in [4.69, 9.17) is 21.1 Å². The number of ether oxygens (including phenoxy) is 2. The maximum absolute atomic E-state index is 12.0. The number of urea groups is 1. The van der Waals surface area contributed by atoms with E-state index in [9.17, 15) is 4.79 Å². The van der Waals surface area contributed by atoms with Crippen LogP contribution >= 0.6 is 11.6 Å². The number of nitrogens with zero attached hydrogens (tertiary/aromatic N) is 1. The third kappa shape index (κ3) is 4.75. The average molecular weight is 336 g/mol.